The molecule has 1 heterocycles. The Morgan fingerprint density at radius 1 is 1.44 bits per heavy atom. The molecule has 6 heteroatoms. The lowest BCUT2D eigenvalue weighted by Crippen LogP contribution is -2.34. The van der Waals surface area contributed by atoms with Gasteiger partial charge in [0.2, 0.25) is 5.95 Å². The zero-order chi connectivity index (χ0) is 11.2. The first-order chi connectivity index (χ1) is 7.84. The molecule has 2 amide bonds. The Kier molecular flexibility index (Phi) is 3.74. The number of carbonyl (C=O) groups is 1. The molecular weight excluding hydrogens is 206 g/mol. The Balaban J connectivity index is 1.67. The Morgan fingerprint density at radius 2 is 2.25 bits per heavy atom. The molecule has 0 atom stereocenters. The van der Waals surface area contributed by atoms with Gasteiger partial charge in [-0.25, -0.2) is 9.89 Å². The molecule has 0 radical (unpaired) electrons. The summed E-state index contributed by atoms with van der Waals surface area (Å²) in [6, 6.07) is -0.220. The van der Waals surface area contributed by atoms with Gasteiger partial charge < -0.3 is 5.32 Å². The van der Waals surface area contributed by atoms with Gasteiger partial charge >= 0.3 is 6.03 Å². The molecule has 2 rings (SSSR count). The second kappa shape index (κ2) is 5.48. The Morgan fingerprint density at radius 3 is 2.94 bits per heavy atom. The topological polar surface area (TPSA) is 82.7 Å². The van der Waals surface area contributed by atoms with E-state index < -0.39 is 0 Å². The van der Waals surface area contributed by atoms with Crippen molar-refractivity contribution in [3.63, 3.8) is 0 Å². The Labute approximate surface area is 94.2 Å². The molecule has 6 nitrogen and oxygen atoms in total. The summed E-state index contributed by atoms with van der Waals surface area (Å²) in [6.45, 7) is 0.750. The molecule has 0 spiro atoms. The number of nitrogens with one attached hydrogen (secondary N) is 3. The van der Waals surface area contributed by atoms with Gasteiger partial charge in [0.25, 0.3) is 0 Å². The van der Waals surface area contributed by atoms with Crippen LogP contribution in [0.15, 0.2) is 6.33 Å². The van der Waals surface area contributed by atoms with Crippen LogP contribution >= 0.6 is 0 Å². The van der Waals surface area contributed by atoms with Crippen LogP contribution in [0.2, 0.25) is 0 Å². The quantitative estimate of drug-likeness (QED) is 0.726. The summed E-state index contributed by atoms with van der Waals surface area (Å²) >= 11 is 0. The number of amides is 2. The van der Waals surface area contributed by atoms with Crippen LogP contribution in [0, 0.1) is 5.92 Å². The predicted molar refractivity (Wildman–Crippen MR) is 60.0 cm³/mol. The highest BCUT2D eigenvalue weighted by Gasteiger charge is 2.14. The molecule has 1 aromatic heterocycles. The van der Waals surface area contributed by atoms with E-state index in [0.29, 0.717) is 11.9 Å². The summed E-state index contributed by atoms with van der Waals surface area (Å²) < 4.78 is 0. The highest BCUT2D eigenvalue weighted by molar-refractivity contribution is 5.87. The van der Waals surface area contributed by atoms with Gasteiger partial charge in [-0.2, -0.15) is 10.1 Å². The lowest BCUT2D eigenvalue weighted by Gasteiger charge is -2.21. The van der Waals surface area contributed by atoms with Gasteiger partial charge in [-0.3, -0.25) is 5.32 Å². The summed E-state index contributed by atoms with van der Waals surface area (Å²) in [5, 5.41) is 11.7. The van der Waals surface area contributed by atoms with Crippen LogP contribution in [0.4, 0.5) is 10.7 Å². The third-order valence-electron chi connectivity index (χ3n) is 2.92. The Hall–Kier alpha value is -1.59. The Bertz CT molecular complexity index is 318. The monoisotopic (exact) mass is 223 g/mol. The molecule has 0 aliphatic heterocycles. The van der Waals surface area contributed by atoms with E-state index in [0.717, 1.165) is 6.54 Å². The van der Waals surface area contributed by atoms with E-state index in [1.807, 2.05) is 0 Å². The number of anilines is 1. The van der Waals surface area contributed by atoms with Crippen molar-refractivity contribution in [2.24, 2.45) is 5.92 Å². The SMILES string of the molecule is O=C(NCC1CCCCC1)Nc1ncn[nH]1. The maximum atomic E-state index is 11.4. The number of rotatable bonds is 3. The molecule has 88 valence electrons. The van der Waals surface area contributed by atoms with E-state index in [1.54, 1.807) is 0 Å². The van der Waals surface area contributed by atoms with Crippen LogP contribution < -0.4 is 10.6 Å². The van der Waals surface area contributed by atoms with E-state index in [1.165, 1.54) is 38.4 Å². The van der Waals surface area contributed by atoms with Gasteiger partial charge in [-0.15, -0.1) is 0 Å². The lowest BCUT2D eigenvalue weighted by atomic mass is 9.89. The first-order valence-electron chi connectivity index (χ1n) is 5.75. The van der Waals surface area contributed by atoms with Crippen LogP contribution in [0.5, 0.6) is 0 Å². The first kappa shape index (κ1) is 10.9. The van der Waals surface area contributed by atoms with Crippen molar-refractivity contribution in [1.29, 1.82) is 0 Å². The predicted octanol–water partition coefficient (Wildman–Crippen LogP) is 1.51. The van der Waals surface area contributed by atoms with Crippen molar-refractivity contribution in [2.75, 3.05) is 11.9 Å². The van der Waals surface area contributed by atoms with Crippen LogP contribution in [-0.2, 0) is 0 Å². The standard InChI is InChI=1S/C10H17N5O/c16-10(14-9-12-7-13-15-9)11-6-8-4-2-1-3-5-8/h7-8H,1-6H2,(H3,11,12,13,14,15,16). The van der Waals surface area contributed by atoms with Crippen molar-refractivity contribution < 1.29 is 4.79 Å². The molecule has 1 aliphatic rings. The molecule has 16 heavy (non-hydrogen) atoms. The van der Waals surface area contributed by atoms with E-state index in [-0.39, 0.29) is 6.03 Å². The van der Waals surface area contributed by atoms with Gasteiger partial charge in [0.15, 0.2) is 0 Å². The van der Waals surface area contributed by atoms with Gasteiger partial charge in [-0.1, -0.05) is 19.3 Å². The normalized spacial score (nSPS) is 17.0. The molecular formula is C10H17N5O. The van der Waals surface area contributed by atoms with Crippen molar-refractivity contribution in [3.05, 3.63) is 6.33 Å². The molecule has 0 bridgehead atoms. The molecule has 0 saturated heterocycles. The van der Waals surface area contributed by atoms with E-state index in [9.17, 15) is 4.79 Å². The van der Waals surface area contributed by atoms with Crippen molar-refractivity contribution >= 4 is 12.0 Å². The maximum Gasteiger partial charge on any atom is 0.321 e. The van der Waals surface area contributed by atoms with Crippen molar-refractivity contribution in [3.8, 4) is 0 Å². The van der Waals surface area contributed by atoms with Gasteiger partial charge in [0.1, 0.15) is 6.33 Å². The average Bonchev–Trinajstić information content (AvgIpc) is 2.81. The molecule has 0 aromatic carbocycles. The average molecular weight is 223 g/mol. The lowest BCUT2D eigenvalue weighted by molar-refractivity contribution is 0.247. The highest BCUT2D eigenvalue weighted by Crippen LogP contribution is 2.22. The second-order valence-electron chi connectivity index (χ2n) is 4.17. The molecule has 1 aliphatic carbocycles. The second-order valence-corrected chi connectivity index (χ2v) is 4.17. The fourth-order valence-corrected chi connectivity index (χ4v) is 2.05. The number of nitrogens with zero attached hydrogens (tertiary/aromatic N) is 2. The summed E-state index contributed by atoms with van der Waals surface area (Å²) in [7, 11) is 0. The smallest absolute Gasteiger partial charge is 0.321 e. The van der Waals surface area contributed by atoms with Crippen molar-refractivity contribution in [1.82, 2.24) is 20.5 Å². The van der Waals surface area contributed by atoms with E-state index >= 15 is 0 Å². The summed E-state index contributed by atoms with van der Waals surface area (Å²) in [5.74, 6) is 1.01. The number of carbonyl (C=O) groups excluding carboxylic acids is 1. The third-order valence-corrected chi connectivity index (χ3v) is 2.92. The third kappa shape index (κ3) is 3.22. The number of aromatic nitrogens is 3. The number of urea groups is 1. The van der Waals surface area contributed by atoms with Crippen LogP contribution in [-0.4, -0.2) is 27.8 Å². The first-order valence-corrected chi connectivity index (χ1v) is 5.75. The number of hydrogen-bond acceptors (Lipinski definition) is 3. The number of H-pyrrole nitrogens is 1. The number of hydrogen-bond donors (Lipinski definition) is 3. The molecule has 0 unspecified atom stereocenters. The summed E-state index contributed by atoms with van der Waals surface area (Å²) in [5.41, 5.74) is 0. The molecule has 1 aromatic rings. The van der Waals surface area contributed by atoms with E-state index in [2.05, 4.69) is 25.8 Å². The molecule has 3 N–H and O–H groups in total. The fourth-order valence-electron chi connectivity index (χ4n) is 2.05. The minimum Gasteiger partial charge on any atom is -0.338 e. The zero-order valence-corrected chi connectivity index (χ0v) is 9.20. The fraction of sp³-hybridized carbons (Fsp3) is 0.700. The van der Waals surface area contributed by atoms with Gasteiger partial charge in [0.05, 0.1) is 0 Å². The van der Waals surface area contributed by atoms with Gasteiger partial charge in [0, 0.05) is 6.54 Å². The molecule has 1 fully saturated rings. The van der Waals surface area contributed by atoms with Gasteiger partial charge in [-0.05, 0) is 18.8 Å². The minimum absolute atomic E-state index is 0.220. The van der Waals surface area contributed by atoms with Crippen LogP contribution in [0.1, 0.15) is 32.1 Å². The van der Waals surface area contributed by atoms with Crippen LogP contribution in [0.3, 0.4) is 0 Å². The minimum atomic E-state index is -0.220. The van der Waals surface area contributed by atoms with Crippen LogP contribution in [0.25, 0.3) is 0 Å². The largest absolute Gasteiger partial charge is 0.338 e. The zero-order valence-electron chi connectivity index (χ0n) is 9.20. The maximum absolute atomic E-state index is 11.4. The summed E-state index contributed by atoms with van der Waals surface area (Å²) in [6.07, 6.45) is 7.72. The number of aromatic amines is 1. The van der Waals surface area contributed by atoms with E-state index in [4.69, 9.17) is 0 Å². The molecule has 1 saturated carbocycles. The van der Waals surface area contributed by atoms with Crippen molar-refractivity contribution in [2.45, 2.75) is 32.1 Å². The summed E-state index contributed by atoms with van der Waals surface area (Å²) in [4.78, 5) is 15.3. The highest BCUT2D eigenvalue weighted by atomic mass is 16.2.